The van der Waals surface area contributed by atoms with E-state index >= 15 is 0 Å². The smallest absolute Gasteiger partial charge is 0.326 e. The molecule has 0 aromatic rings. The van der Waals surface area contributed by atoms with E-state index in [1.54, 1.807) is 13.8 Å². The number of carbonyl (C=O) groups excluding carboxylic acids is 1. The van der Waals surface area contributed by atoms with Crippen LogP contribution in [0.3, 0.4) is 0 Å². The topological polar surface area (TPSA) is 89.9 Å². The van der Waals surface area contributed by atoms with Crippen LogP contribution in [0.15, 0.2) is 0 Å². The summed E-state index contributed by atoms with van der Waals surface area (Å²) in [5.41, 5.74) is -1.01. The summed E-state index contributed by atoms with van der Waals surface area (Å²) in [6.07, 6.45) is 0.372. The van der Waals surface area contributed by atoms with E-state index < -0.39 is 23.6 Å². The average molecular weight is 260 g/mol. The van der Waals surface area contributed by atoms with Crippen LogP contribution < -0.4 is 5.32 Å². The molecule has 0 aromatic carbocycles. The summed E-state index contributed by atoms with van der Waals surface area (Å²) in [7, 11) is 1.52. The Kier molecular flexibility index (Phi) is 6.11. The lowest BCUT2D eigenvalue weighted by Crippen LogP contribution is -2.50. The van der Waals surface area contributed by atoms with E-state index in [2.05, 4.69) is 5.32 Å². The largest absolute Gasteiger partial charge is 0.480 e. The third-order valence-corrected chi connectivity index (χ3v) is 2.27. The van der Waals surface area contributed by atoms with Crippen molar-refractivity contribution >= 4 is 12.0 Å². The second-order valence-corrected chi connectivity index (χ2v) is 5.64. The molecule has 0 aliphatic carbocycles. The molecule has 0 saturated carbocycles. The molecule has 0 aliphatic heterocycles. The maximum Gasteiger partial charge on any atom is 0.326 e. The number of nitrogens with zero attached hydrogens (tertiary/aromatic N) is 1. The number of carbonyl (C=O) groups is 2. The summed E-state index contributed by atoms with van der Waals surface area (Å²) in [6.45, 7) is 7.08. The van der Waals surface area contributed by atoms with E-state index in [1.807, 2.05) is 13.8 Å². The standard InChI is InChI=1S/C12H24N2O4/c1-8(2)6-9(10(15)16)13-11(17)14(5)7-12(3,4)18/h8-9,18H,6-7H2,1-5H3,(H,13,17)(H,15,16)/t9-/m0/s1. The molecule has 0 aromatic heterocycles. The van der Waals surface area contributed by atoms with Crippen molar-refractivity contribution in [3.05, 3.63) is 0 Å². The van der Waals surface area contributed by atoms with Gasteiger partial charge in [0.25, 0.3) is 0 Å². The summed E-state index contributed by atoms with van der Waals surface area (Å²) in [4.78, 5) is 24.0. The minimum Gasteiger partial charge on any atom is -0.480 e. The Morgan fingerprint density at radius 1 is 1.33 bits per heavy atom. The first kappa shape index (κ1) is 16.7. The van der Waals surface area contributed by atoms with Gasteiger partial charge in [-0.15, -0.1) is 0 Å². The molecule has 6 nitrogen and oxygen atoms in total. The number of likely N-dealkylation sites (N-methyl/N-ethyl adjacent to an activating group) is 1. The lowest BCUT2D eigenvalue weighted by Gasteiger charge is -2.27. The summed E-state index contributed by atoms with van der Waals surface area (Å²) in [6, 6.07) is -1.40. The number of hydrogen-bond acceptors (Lipinski definition) is 3. The third-order valence-electron chi connectivity index (χ3n) is 2.27. The quantitative estimate of drug-likeness (QED) is 0.662. The first-order valence-electron chi connectivity index (χ1n) is 5.99. The van der Waals surface area contributed by atoms with Gasteiger partial charge in [0.15, 0.2) is 0 Å². The number of aliphatic hydroxyl groups is 1. The van der Waals surface area contributed by atoms with Crippen molar-refractivity contribution in [2.75, 3.05) is 13.6 Å². The zero-order valence-corrected chi connectivity index (χ0v) is 11.7. The maximum atomic E-state index is 11.8. The van der Waals surface area contributed by atoms with E-state index in [1.165, 1.54) is 11.9 Å². The molecule has 3 N–H and O–H groups in total. The fourth-order valence-electron chi connectivity index (χ4n) is 1.60. The van der Waals surface area contributed by atoms with Crippen LogP contribution in [-0.2, 0) is 4.79 Å². The predicted octanol–water partition coefficient (Wildman–Crippen LogP) is 0.898. The van der Waals surface area contributed by atoms with Gasteiger partial charge in [0.1, 0.15) is 6.04 Å². The van der Waals surface area contributed by atoms with Gasteiger partial charge in [0.05, 0.1) is 12.1 Å². The fourth-order valence-corrected chi connectivity index (χ4v) is 1.60. The van der Waals surface area contributed by atoms with Crippen molar-refractivity contribution in [2.45, 2.75) is 45.8 Å². The summed E-state index contributed by atoms with van der Waals surface area (Å²) in [5.74, 6) is -0.875. The molecule has 0 radical (unpaired) electrons. The number of urea groups is 1. The molecule has 0 rings (SSSR count). The zero-order chi connectivity index (χ0) is 14.5. The van der Waals surface area contributed by atoms with Crippen molar-refractivity contribution in [2.24, 2.45) is 5.92 Å². The van der Waals surface area contributed by atoms with Crippen molar-refractivity contribution in [1.82, 2.24) is 10.2 Å². The Hall–Kier alpha value is -1.30. The highest BCUT2D eigenvalue weighted by molar-refractivity contribution is 5.82. The molecule has 1 atom stereocenters. The average Bonchev–Trinajstić information content (AvgIpc) is 2.12. The first-order chi connectivity index (χ1) is 8.03. The Balaban J connectivity index is 4.46. The van der Waals surface area contributed by atoms with Gasteiger partial charge >= 0.3 is 12.0 Å². The van der Waals surface area contributed by atoms with Gasteiger partial charge in [-0.3, -0.25) is 0 Å². The molecular formula is C12H24N2O4. The number of aliphatic carboxylic acids is 1. The minimum absolute atomic E-state index is 0.132. The molecule has 18 heavy (non-hydrogen) atoms. The van der Waals surface area contributed by atoms with Crippen LogP contribution in [0.25, 0.3) is 0 Å². The molecule has 0 spiro atoms. The monoisotopic (exact) mass is 260 g/mol. The van der Waals surface area contributed by atoms with Crippen molar-refractivity contribution in [1.29, 1.82) is 0 Å². The number of carboxylic acid groups (broad SMARTS) is 1. The summed E-state index contributed by atoms with van der Waals surface area (Å²) in [5, 5.41) is 21.0. The highest BCUT2D eigenvalue weighted by Crippen LogP contribution is 2.07. The Morgan fingerprint density at radius 3 is 2.17 bits per heavy atom. The molecule has 0 unspecified atom stereocenters. The van der Waals surface area contributed by atoms with Crippen LogP contribution in [0.4, 0.5) is 4.79 Å². The highest BCUT2D eigenvalue weighted by atomic mass is 16.4. The lowest BCUT2D eigenvalue weighted by molar-refractivity contribution is -0.139. The normalized spacial score (nSPS) is 13.3. The Labute approximate surface area is 108 Å². The van der Waals surface area contributed by atoms with Gasteiger partial charge in [-0.25, -0.2) is 9.59 Å². The molecule has 0 bridgehead atoms. The SMILES string of the molecule is CC(C)C[C@H](NC(=O)N(C)CC(C)(C)O)C(=O)O. The molecule has 6 heteroatoms. The van der Waals surface area contributed by atoms with Gasteiger partial charge in [-0.1, -0.05) is 13.8 Å². The maximum absolute atomic E-state index is 11.8. The number of amides is 2. The fraction of sp³-hybridized carbons (Fsp3) is 0.833. The third kappa shape index (κ3) is 7.11. The van der Waals surface area contributed by atoms with Gasteiger partial charge < -0.3 is 20.4 Å². The van der Waals surface area contributed by atoms with Gasteiger partial charge in [0.2, 0.25) is 0 Å². The number of hydrogen-bond donors (Lipinski definition) is 3. The minimum atomic E-state index is -1.05. The summed E-state index contributed by atoms with van der Waals surface area (Å²) < 4.78 is 0. The summed E-state index contributed by atoms with van der Waals surface area (Å²) >= 11 is 0. The Morgan fingerprint density at radius 2 is 1.83 bits per heavy atom. The van der Waals surface area contributed by atoms with Crippen LogP contribution >= 0.6 is 0 Å². The molecule has 0 saturated heterocycles. The van der Waals surface area contributed by atoms with E-state index in [9.17, 15) is 14.7 Å². The van der Waals surface area contributed by atoms with Gasteiger partial charge in [-0.05, 0) is 26.2 Å². The van der Waals surface area contributed by atoms with E-state index in [-0.39, 0.29) is 12.5 Å². The van der Waals surface area contributed by atoms with Crippen LogP contribution in [0.5, 0.6) is 0 Å². The zero-order valence-electron chi connectivity index (χ0n) is 11.7. The lowest BCUT2D eigenvalue weighted by atomic mass is 10.0. The van der Waals surface area contributed by atoms with E-state index in [4.69, 9.17) is 5.11 Å². The van der Waals surface area contributed by atoms with Gasteiger partial charge in [0, 0.05) is 7.05 Å². The second-order valence-electron chi connectivity index (χ2n) is 5.64. The predicted molar refractivity (Wildman–Crippen MR) is 68.3 cm³/mol. The van der Waals surface area contributed by atoms with Crippen LogP contribution in [0.2, 0.25) is 0 Å². The van der Waals surface area contributed by atoms with Crippen molar-refractivity contribution in [3.63, 3.8) is 0 Å². The molecule has 0 heterocycles. The molecule has 106 valence electrons. The molecule has 0 aliphatic rings. The van der Waals surface area contributed by atoms with E-state index in [0.29, 0.717) is 6.42 Å². The molecule has 0 fully saturated rings. The van der Waals surface area contributed by atoms with Crippen LogP contribution in [-0.4, -0.2) is 52.3 Å². The van der Waals surface area contributed by atoms with E-state index in [0.717, 1.165) is 0 Å². The van der Waals surface area contributed by atoms with Crippen molar-refractivity contribution < 1.29 is 19.8 Å². The highest BCUT2D eigenvalue weighted by Gasteiger charge is 2.25. The van der Waals surface area contributed by atoms with Crippen molar-refractivity contribution in [3.8, 4) is 0 Å². The Bertz CT molecular complexity index is 297. The number of rotatable bonds is 6. The first-order valence-corrected chi connectivity index (χ1v) is 5.99. The molecule has 2 amide bonds. The number of nitrogens with one attached hydrogen (secondary N) is 1. The molecular weight excluding hydrogens is 236 g/mol. The second kappa shape index (κ2) is 6.58. The van der Waals surface area contributed by atoms with Gasteiger partial charge in [-0.2, -0.15) is 0 Å². The van der Waals surface area contributed by atoms with Crippen LogP contribution in [0, 0.1) is 5.92 Å². The van der Waals surface area contributed by atoms with Crippen LogP contribution in [0.1, 0.15) is 34.1 Å². The number of carboxylic acids is 1.